The number of hydrogen-bond donors (Lipinski definition) is 1. The summed E-state index contributed by atoms with van der Waals surface area (Å²) < 4.78 is 0. The normalized spacial score (nSPS) is 12.6. The van der Waals surface area contributed by atoms with Crippen molar-refractivity contribution in [3.05, 3.63) is 12.7 Å². The van der Waals surface area contributed by atoms with E-state index < -0.39 is 5.97 Å². The fraction of sp³-hybridized carbons (Fsp3) is 0.571. The van der Waals surface area contributed by atoms with Crippen molar-refractivity contribution < 1.29 is 9.90 Å². The lowest BCUT2D eigenvalue weighted by Crippen LogP contribution is -2.08. The molecule has 1 atom stereocenters. The van der Waals surface area contributed by atoms with Crippen molar-refractivity contribution in [1.82, 2.24) is 0 Å². The number of allylic oxidation sites excluding steroid dienone is 1. The van der Waals surface area contributed by atoms with E-state index >= 15 is 0 Å². The van der Waals surface area contributed by atoms with E-state index in [0.29, 0.717) is 12.8 Å². The van der Waals surface area contributed by atoms with E-state index in [4.69, 9.17) is 11.7 Å². The van der Waals surface area contributed by atoms with Crippen LogP contribution < -0.4 is 0 Å². The molecular formula is C7H11O2. The summed E-state index contributed by atoms with van der Waals surface area (Å²) in [6.45, 7) is 6.73. The van der Waals surface area contributed by atoms with E-state index in [1.807, 2.05) is 0 Å². The highest BCUT2D eigenvalue weighted by Crippen LogP contribution is 2.04. The highest BCUT2D eigenvalue weighted by Gasteiger charge is 2.07. The minimum atomic E-state index is -0.753. The average molecular weight is 127 g/mol. The molecule has 2 nitrogen and oxygen atoms in total. The number of aliphatic carboxylic acids is 1. The summed E-state index contributed by atoms with van der Waals surface area (Å²) in [6.07, 6.45) is 2.79. The van der Waals surface area contributed by atoms with Crippen LogP contribution in [0.5, 0.6) is 0 Å². The molecule has 0 bridgehead atoms. The summed E-state index contributed by atoms with van der Waals surface area (Å²) in [5, 5.41) is 8.35. The van der Waals surface area contributed by atoms with Gasteiger partial charge < -0.3 is 5.11 Å². The second-order valence-electron chi connectivity index (χ2n) is 2.05. The molecule has 0 aliphatic carbocycles. The maximum atomic E-state index is 10.2. The number of carboxylic acid groups (broad SMARTS) is 1. The number of carbonyl (C=O) groups is 1. The topological polar surface area (TPSA) is 37.3 Å². The first kappa shape index (κ1) is 8.21. The summed E-state index contributed by atoms with van der Waals surface area (Å²) in [7, 11) is 0. The zero-order valence-corrected chi connectivity index (χ0v) is 5.50. The standard InChI is InChI=1S/C7H11O2/c1-3-4-5-6(2)7(8)9/h1,3,6H,4-5H2,2H3,(H,8,9). The van der Waals surface area contributed by atoms with E-state index in [0.717, 1.165) is 0 Å². The van der Waals surface area contributed by atoms with Gasteiger partial charge in [-0.15, -0.1) is 0 Å². The second kappa shape index (κ2) is 4.13. The van der Waals surface area contributed by atoms with Crippen molar-refractivity contribution in [3.63, 3.8) is 0 Å². The first-order chi connectivity index (χ1) is 4.18. The SMILES string of the molecule is [CH]=CCCC(C)C(=O)O. The van der Waals surface area contributed by atoms with Crippen LogP contribution in [-0.4, -0.2) is 11.1 Å². The zero-order valence-electron chi connectivity index (χ0n) is 5.50. The van der Waals surface area contributed by atoms with Crippen LogP contribution in [0.4, 0.5) is 0 Å². The molecule has 51 valence electrons. The van der Waals surface area contributed by atoms with Gasteiger partial charge in [-0.2, -0.15) is 0 Å². The van der Waals surface area contributed by atoms with Crippen LogP contribution in [0, 0.1) is 12.5 Å². The van der Waals surface area contributed by atoms with Gasteiger partial charge in [-0.1, -0.05) is 19.6 Å². The van der Waals surface area contributed by atoms with E-state index in [9.17, 15) is 4.79 Å². The third kappa shape index (κ3) is 3.76. The maximum absolute atomic E-state index is 10.2. The Morgan fingerprint density at radius 2 is 2.44 bits per heavy atom. The molecule has 0 amide bonds. The third-order valence-corrected chi connectivity index (χ3v) is 1.19. The summed E-state index contributed by atoms with van der Waals surface area (Å²) in [6, 6.07) is 0. The Morgan fingerprint density at radius 1 is 1.89 bits per heavy atom. The monoisotopic (exact) mass is 127 g/mol. The Hall–Kier alpha value is -0.790. The van der Waals surface area contributed by atoms with Crippen LogP contribution in [0.1, 0.15) is 19.8 Å². The molecule has 0 aliphatic rings. The summed E-state index contributed by atoms with van der Waals surface area (Å²) >= 11 is 0. The predicted octanol–water partition coefficient (Wildman–Crippen LogP) is 1.48. The van der Waals surface area contributed by atoms with Crippen molar-refractivity contribution in [2.24, 2.45) is 5.92 Å². The fourth-order valence-corrected chi connectivity index (χ4v) is 0.470. The van der Waals surface area contributed by atoms with Gasteiger partial charge in [-0.05, 0) is 12.8 Å². The molecule has 9 heavy (non-hydrogen) atoms. The van der Waals surface area contributed by atoms with Crippen molar-refractivity contribution in [2.75, 3.05) is 0 Å². The zero-order chi connectivity index (χ0) is 7.28. The van der Waals surface area contributed by atoms with Gasteiger partial charge in [0.1, 0.15) is 0 Å². The fourth-order valence-electron chi connectivity index (χ4n) is 0.470. The van der Waals surface area contributed by atoms with Gasteiger partial charge >= 0.3 is 5.97 Å². The summed E-state index contributed by atoms with van der Waals surface area (Å²) in [5.41, 5.74) is 0. The molecule has 0 saturated heterocycles. The van der Waals surface area contributed by atoms with Gasteiger partial charge in [0, 0.05) is 0 Å². The molecular weight excluding hydrogens is 116 g/mol. The van der Waals surface area contributed by atoms with Crippen LogP contribution in [-0.2, 0) is 4.79 Å². The lowest BCUT2D eigenvalue weighted by atomic mass is 10.1. The predicted molar refractivity (Wildman–Crippen MR) is 34.9 cm³/mol. The first-order valence-corrected chi connectivity index (χ1v) is 2.94. The first-order valence-electron chi connectivity index (χ1n) is 2.94. The molecule has 0 saturated carbocycles. The highest BCUT2D eigenvalue weighted by atomic mass is 16.4. The van der Waals surface area contributed by atoms with Crippen LogP contribution in [0.3, 0.4) is 0 Å². The Bertz CT molecular complexity index is 107. The smallest absolute Gasteiger partial charge is 0.306 e. The van der Waals surface area contributed by atoms with Gasteiger partial charge in [0.05, 0.1) is 5.92 Å². The van der Waals surface area contributed by atoms with E-state index in [-0.39, 0.29) is 5.92 Å². The summed E-state index contributed by atoms with van der Waals surface area (Å²) in [4.78, 5) is 10.2. The van der Waals surface area contributed by atoms with Crippen LogP contribution in [0.25, 0.3) is 0 Å². The molecule has 0 spiro atoms. The molecule has 0 aromatic carbocycles. The minimum absolute atomic E-state index is 0.273. The molecule has 1 unspecified atom stereocenters. The van der Waals surface area contributed by atoms with Crippen LogP contribution >= 0.6 is 0 Å². The number of hydrogen-bond acceptors (Lipinski definition) is 1. The van der Waals surface area contributed by atoms with E-state index in [1.165, 1.54) is 6.08 Å². The Balaban J connectivity index is 3.37. The molecule has 0 aromatic heterocycles. The molecule has 0 aromatic rings. The van der Waals surface area contributed by atoms with Crippen molar-refractivity contribution in [1.29, 1.82) is 0 Å². The number of rotatable bonds is 4. The van der Waals surface area contributed by atoms with Gasteiger partial charge in [0.2, 0.25) is 0 Å². The van der Waals surface area contributed by atoms with Gasteiger partial charge in [-0.3, -0.25) is 4.79 Å². The Morgan fingerprint density at radius 3 is 2.78 bits per heavy atom. The van der Waals surface area contributed by atoms with Crippen LogP contribution in [0.15, 0.2) is 6.08 Å². The maximum Gasteiger partial charge on any atom is 0.306 e. The van der Waals surface area contributed by atoms with Gasteiger partial charge in [-0.25, -0.2) is 0 Å². The lowest BCUT2D eigenvalue weighted by molar-refractivity contribution is -0.141. The lowest BCUT2D eigenvalue weighted by Gasteiger charge is -2.00. The second-order valence-corrected chi connectivity index (χ2v) is 2.05. The molecule has 1 N–H and O–H groups in total. The molecule has 1 radical (unpaired) electrons. The Kier molecular flexibility index (Phi) is 3.76. The molecule has 2 heteroatoms. The molecule has 0 rings (SSSR count). The van der Waals surface area contributed by atoms with E-state index in [2.05, 4.69) is 0 Å². The average Bonchev–Trinajstić information content (AvgIpc) is 1.82. The van der Waals surface area contributed by atoms with Crippen molar-refractivity contribution in [3.8, 4) is 0 Å². The van der Waals surface area contributed by atoms with Crippen molar-refractivity contribution >= 4 is 5.97 Å². The van der Waals surface area contributed by atoms with E-state index in [1.54, 1.807) is 6.92 Å². The van der Waals surface area contributed by atoms with Gasteiger partial charge in [0.15, 0.2) is 0 Å². The minimum Gasteiger partial charge on any atom is -0.481 e. The number of carboxylic acids is 1. The van der Waals surface area contributed by atoms with Crippen LogP contribution in [0.2, 0.25) is 0 Å². The molecule has 0 fully saturated rings. The van der Waals surface area contributed by atoms with Gasteiger partial charge in [0.25, 0.3) is 0 Å². The van der Waals surface area contributed by atoms with Crippen molar-refractivity contribution in [2.45, 2.75) is 19.8 Å². The third-order valence-electron chi connectivity index (χ3n) is 1.19. The highest BCUT2D eigenvalue weighted by molar-refractivity contribution is 5.69. The molecule has 0 aliphatic heterocycles. The molecule has 0 heterocycles. The Labute approximate surface area is 55.2 Å². The largest absolute Gasteiger partial charge is 0.481 e. The summed E-state index contributed by atoms with van der Waals surface area (Å²) in [5.74, 6) is -1.03. The quantitative estimate of drug-likeness (QED) is 0.621.